The third-order valence-corrected chi connectivity index (χ3v) is 4.82. The summed E-state index contributed by atoms with van der Waals surface area (Å²) < 4.78 is 27.3. The first-order chi connectivity index (χ1) is 9.90. The maximum atomic E-state index is 12.1. The Morgan fingerprint density at radius 1 is 1.14 bits per heavy atom. The fourth-order valence-corrected chi connectivity index (χ4v) is 3.11. The summed E-state index contributed by atoms with van der Waals surface area (Å²) in [6, 6.07) is 6.28. The number of carbonyl (C=O) groups excluding carboxylic acids is 1. The SMILES string of the molecule is CCCN(CCC)C(=O)CNS(=O)(=O)c1ccc(Br)cc1. The Labute approximate surface area is 134 Å². The Morgan fingerprint density at radius 2 is 1.67 bits per heavy atom. The van der Waals surface area contributed by atoms with Crippen LogP contribution >= 0.6 is 15.9 Å². The zero-order chi connectivity index (χ0) is 15.9. The molecule has 0 radical (unpaired) electrons. The summed E-state index contributed by atoms with van der Waals surface area (Å²) in [5, 5.41) is 0. The van der Waals surface area contributed by atoms with Gasteiger partial charge in [-0.25, -0.2) is 13.1 Å². The van der Waals surface area contributed by atoms with Crippen molar-refractivity contribution in [1.82, 2.24) is 9.62 Å². The van der Waals surface area contributed by atoms with Crippen molar-refractivity contribution < 1.29 is 13.2 Å². The fraction of sp³-hybridized carbons (Fsp3) is 0.500. The molecule has 0 fully saturated rings. The smallest absolute Gasteiger partial charge is 0.241 e. The van der Waals surface area contributed by atoms with Gasteiger partial charge in [-0.1, -0.05) is 29.8 Å². The van der Waals surface area contributed by atoms with E-state index in [1.54, 1.807) is 17.0 Å². The van der Waals surface area contributed by atoms with Gasteiger partial charge in [0, 0.05) is 17.6 Å². The Hall–Kier alpha value is -0.920. The molecule has 0 unspecified atom stereocenters. The van der Waals surface area contributed by atoms with Crippen LogP contribution in [0.15, 0.2) is 33.6 Å². The normalized spacial score (nSPS) is 11.4. The molecule has 0 saturated heterocycles. The van der Waals surface area contributed by atoms with Gasteiger partial charge in [-0.05, 0) is 37.1 Å². The largest absolute Gasteiger partial charge is 0.342 e. The van der Waals surface area contributed by atoms with Gasteiger partial charge in [0.25, 0.3) is 0 Å². The molecule has 21 heavy (non-hydrogen) atoms. The van der Waals surface area contributed by atoms with Crippen LogP contribution in [0.25, 0.3) is 0 Å². The second-order valence-electron chi connectivity index (χ2n) is 4.66. The van der Waals surface area contributed by atoms with E-state index in [2.05, 4.69) is 20.7 Å². The van der Waals surface area contributed by atoms with Gasteiger partial charge >= 0.3 is 0 Å². The van der Waals surface area contributed by atoms with Crippen molar-refractivity contribution in [3.63, 3.8) is 0 Å². The summed E-state index contributed by atoms with van der Waals surface area (Å²) in [6.07, 6.45) is 1.70. The molecule has 0 bridgehead atoms. The van der Waals surface area contributed by atoms with Crippen molar-refractivity contribution in [2.45, 2.75) is 31.6 Å². The Kier molecular flexibility index (Phi) is 7.34. The molecule has 1 aromatic carbocycles. The third kappa shape index (κ3) is 5.76. The number of nitrogens with one attached hydrogen (secondary N) is 1. The van der Waals surface area contributed by atoms with Gasteiger partial charge in [-0.2, -0.15) is 0 Å². The van der Waals surface area contributed by atoms with E-state index in [4.69, 9.17) is 0 Å². The molecular formula is C14H21BrN2O3S. The molecule has 0 atom stereocenters. The highest BCUT2D eigenvalue weighted by molar-refractivity contribution is 9.10. The summed E-state index contributed by atoms with van der Waals surface area (Å²) in [5.41, 5.74) is 0. The first kappa shape index (κ1) is 18.1. The Bertz CT molecular complexity index is 552. The molecule has 0 aliphatic rings. The predicted octanol–water partition coefficient (Wildman–Crippen LogP) is 2.38. The highest BCUT2D eigenvalue weighted by Gasteiger charge is 2.18. The Morgan fingerprint density at radius 3 is 2.14 bits per heavy atom. The van der Waals surface area contributed by atoms with Crippen molar-refractivity contribution >= 4 is 31.9 Å². The van der Waals surface area contributed by atoms with Crippen LogP contribution < -0.4 is 4.72 Å². The molecule has 1 N–H and O–H groups in total. The molecule has 0 heterocycles. The number of rotatable bonds is 8. The summed E-state index contributed by atoms with van der Waals surface area (Å²) in [7, 11) is -3.65. The zero-order valence-electron chi connectivity index (χ0n) is 12.3. The number of sulfonamides is 1. The van der Waals surface area contributed by atoms with Crippen LogP contribution in [0.5, 0.6) is 0 Å². The van der Waals surface area contributed by atoms with Crippen molar-refractivity contribution in [3.05, 3.63) is 28.7 Å². The standard InChI is InChI=1S/C14H21BrN2O3S/c1-3-9-17(10-4-2)14(18)11-16-21(19,20)13-7-5-12(15)6-8-13/h5-8,16H,3-4,9-11H2,1-2H3. The maximum Gasteiger partial charge on any atom is 0.241 e. The van der Waals surface area contributed by atoms with E-state index >= 15 is 0 Å². The molecule has 0 aliphatic carbocycles. The maximum absolute atomic E-state index is 12.1. The van der Waals surface area contributed by atoms with Crippen LogP contribution in [0.1, 0.15) is 26.7 Å². The molecule has 1 aromatic rings. The number of halogens is 1. The number of benzene rings is 1. The number of hydrogen-bond donors (Lipinski definition) is 1. The summed E-state index contributed by atoms with van der Waals surface area (Å²) in [6.45, 7) is 5.06. The minimum Gasteiger partial charge on any atom is -0.342 e. The van der Waals surface area contributed by atoms with E-state index in [0.29, 0.717) is 13.1 Å². The fourth-order valence-electron chi connectivity index (χ4n) is 1.87. The number of carbonyl (C=O) groups is 1. The van der Waals surface area contributed by atoms with Crippen molar-refractivity contribution in [2.24, 2.45) is 0 Å². The molecule has 0 saturated carbocycles. The molecular weight excluding hydrogens is 356 g/mol. The number of hydrogen-bond acceptors (Lipinski definition) is 3. The third-order valence-electron chi connectivity index (χ3n) is 2.88. The lowest BCUT2D eigenvalue weighted by atomic mass is 10.3. The summed E-state index contributed by atoms with van der Waals surface area (Å²) in [5.74, 6) is -0.195. The Balaban J connectivity index is 2.68. The van der Waals surface area contributed by atoms with Crippen molar-refractivity contribution in [2.75, 3.05) is 19.6 Å². The first-order valence-electron chi connectivity index (χ1n) is 6.93. The van der Waals surface area contributed by atoms with Gasteiger partial charge in [-0.3, -0.25) is 4.79 Å². The molecule has 0 aromatic heterocycles. The lowest BCUT2D eigenvalue weighted by Crippen LogP contribution is -2.40. The molecule has 1 amide bonds. The van der Waals surface area contributed by atoms with E-state index in [0.717, 1.165) is 17.3 Å². The van der Waals surface area contributed by atoms with Gasteiger partial charge in [0.15, 0.2) is 0 Å². The topological polar surface area (TPSA) is 66.5 Å². The van der Waals surface area contributed by atoms with E-state index in [1.165, 1.54) is 12.1 Å². The van der Waals surface area contributed by atoms with Gasteiger partial charge in [0.1, 0.15) is 0 Å². The predicted molar refractivity (Wildman–Crippen MR) is 86.5 cm³/mol. The second-order valence-corrected chi connectivity index (χ2v) is 7.34. The van der Waals surface area contributed by atoms with Crippen LogP contribution in [-0.2, 0) is 14.8 Å². The molecule has 0 spiro atoms. The summed E-state index contributed by atoms with van der Waals surface area (Å²) >= 11 is 3.25. The highest BCUT2D eigenvalue weighted by atomic mass is 79.9. The van der Waals surface area contributed by atoms with Crippen LogP contribution in [0.4, 0.5) is 0 Å². The average Bonchev–Trinajstić information content (AvgIpc) is 2.45. The van der Waals surface area contributed by atoms with E-state index in [1.807, 2.05) is 13.8 Å². The quantitative estimate of drug-likeness (QED) is 0.757. The first-order valence-corrected chi connectivity index (χ1v) is 9.21. The minimum atomic E-state index is -3.65. The molecule has 0 aliphatic heterocycles. The molecule has 5 nitrogen and oxygen atoms in total. The molecule has 1 rings (SSSR count). The van der Waals surface area contributed by atoms with Crippen LogP contribution in [0.2, 0.25) is 0 Å². The van der Waals surface area contributed by atoms with Gasteiger partial charge in [-0.15, -0.1) is 0 Å². The minimum absolute atomic E-state index is 0.149. The number of nitrogens with zero attached hydrogens (tertiary/aromatic N) is 1. The number of amides is 1. The monoisotopic (exact) mass is 376 g/mol. The molecule has 118 valence electrons. The average molecular weight is 377 g/mol. The van der Waals surface area contributed by atoms with Gasteiger partial charge in [0.05, 0.1) is 11.4 Å². The van der Waals surface area contributed by atoms with Crippen LogP contribution in [0, 0.1) is 0 Å². The highest BCUT2D eigenvalue weighted by Crippen LogP contribution is 2.14. The van der Waals surface area contributed by atoms with Crippen molar-refractivity contribution in [3.8, 4) is 0 Å². The van der Waals surface area contributed by atoms with Gasteiger partial charge in [0.2, 0.25) is 15.9 Å². The second kappa shape index (κ2) is 8.51. The molecule has 7 heteroatoms. The van der Waals surface area contributed by atoms with Crippen molar-refractivity contribution in [1.29, 1.82) is 0 Å². The van der Waals surface area contributed by atoms with Crippen LogP contribution in [0.3, 0.4) is 0 Å². The van der Waals surface area contributed by atoms with E-state index < -0.39 is 10.0 Å². The lowest BCUT2D eigenvalue weighted by molar-refractivity contribution is -0.130. The van der Waals surface area contributed by atoms with Crippen LogP contribution in [-0.4, -0.2) is 38.9 Å². The summed E-state index contributed by atoms with van der Waals surface area (Å²) in [4.78, 5) is 13.9. The van der Waals surface area contributed by atoms with E-state index in [9.17, 15) is 13.2 Å². The van der Waals surface area contributed by atoms with E-state index in [-0.39, 0.29) is 17.3 Å². The van der Waals surface area contributed by atoms with Gasteiger partial charge < -0.3 is 4.90 Å². The zero-order valence-corrected chi connectivity index (χ0v) is 14.7. The lowest BCUT2D eigenvalue weighted by Gasteiger charge is -2.21.